The molecule has 0 aromatic heterocycles. The molecule has 0 aromatic carbocycles. The highest BCUT2D eigenvalue weighted by Crippen LogP contribution is 2.54. The van der Waals surface area contributed by atoms with Crippen LogP contribution < -0.4 is 5.32 Å². The minimum atomic E-state index is -0.0101. The number of aliphatic hydroxyl groups is 1. The topological polar surface area (TPSA) is 58.6 Å². The van der Waals surface area contributed by atoms with Crippen molar-refractivity contribution in [3.8, 4) is 0 Å². The van der Waals surface area contributed by atoms with E-state index in [1.54, 1.807) is 0 Å². The summed E-state index contributed by atoms with van der Waals surface area (Å²) < 4.78 is 5.58. The second-order valence-corrected chi connectivity index (χ2v) is 9.27. The van der Waals surface area contributed by atoms with E-state index in [9.17, 15) is 4.79 Å². The fourth-order valence-corrected chi connectivity index (χ4v) is 5.75. The van der Waals surface area contributed by atoms with E-state index in [0.717, 1.165) is 56.4 Å². The van der Waals surface area contributed by atoms with Crippen molar-refractivity contribution in [2.75, 3.05) is 26.3 Å². The standard InChI is InChI=1S/C22H41NO3/c1-18-13-20-14-19(2)16-22(15-18,17-20)8-12-26-21(25)7-5-3-4-6-9-23-10-11-24/h18-20,23-24H,3-17H2,1-2H3. The zero-order valence-corrected chi connectivity index (χ0v) is 17.1. The van der Waals surface area contributed by atoms with Gasteiger partial charge >= 0.3 is 5.97 Å². The number of carbonyl (C=O) groups excluding carboxylic acids is 1. The maximum absolute atomic E-state index is 12.0. The fourth-order valence-electron chi connectivity index (χ4n) is 5.75. The zero-order chi connectivity index (χ0) is 18.8. The third kappa shape index (κ3) is 7.56. The van der Waals surface area contributed by atoms with Crippen molar-refractivity contribution in [1.82, 2.24) is 5.32 Å². The molecular weight excluding hydrogens is 326 g/mol. The summed E-state index contributed by atoms with van der Waals surface area (Å²) in [6.45, 7) is 7.25. The molecule has 4 heteroatoms. The second-order valence-electron chi connectivity index (χ2n) is 9.27. The Hall–Kier alpha value is -0.610. The summed E-state index contributed by atoms with van der Waals surface area (Å²) in [5, 5.41) is 11.9. The molecule has 0 aromatic rings. The molecule has 4 nitrogen and oxygen atoms in total. The van der Waals surface area contributed by atoms with Crippen molar-refractivity contribution < 1.29 is 14.6 Å². The Morgan fingerprint density at radius 1 is 1.04 bits per heavy atom. The van der Waals surface area contributed by atoms with Gasteiger partial charge in [-0.25, -0.2) is 0 Å². The molecule has 2 bridgehead atoms. The number of ether oxygens (including phenoxy) is 1. The quantitative estimate of drug-likeness (QED) is 0.399. The van der Waals surface area contributed by atoms with Crippen molar-refractivity contribution >= 4 is 5.97 Å². The van der Waals surface area contributed by atoms with Crippen LogP contribution in [0.2, 0.25) is 0 Å². The molecule has 0 saturated heterocycles. The molecule has 26 heavy (non-hydrogen) atoms. The third-order valence-electron chi connectivity index (χ3n) is 6.42. The lowest BCUT2D eigenvalue weighted by Gasteiger charge is -2.50. The van der Waals surface area contributed by atoms with Gasteiger partial charge in [-0.05, 0) is 81.1 Å². The van der Waals surface area contributed by atoms with Gasteiger partial charge in [0.15, 0.2) is 0 Å². The Morgan fingerprint density at radius 2 is 1.73 bits per heavy atom. The predicted molar refractivity (Wildman–Crippen MR) is 106 cm³/mol. The number of esters is 1. The first-order chi connectivity index (χ1) is 12.5. The molecule has 0 spiro atoms. The van der Waals surface area contributed by atoms with Crippen LogP contribution in [-0.4, -0.2) is 37.4 Å². The van der Waals surface area contributed by atoms with Crippen molar-refractivity contribution in [3.63, 3.8) is 0 Å². The SMILES string of the molecule is CC1CC2CC(C)CC(CCOC(=O)CCCCCCNCCO)(C1)C2. The number of unbranched alkanes of at least 4 members (excludes halogenated alkanes) is 3. The van der Waals surface area contributed by atoms with Gasteiger partial charge in [0.1, 0.15) is 0 Å². The number of fused-ring (bicyclic) bond motifs is 2. The van der Waals surface area contributed by atoms with Crippen LogP contribution >= 0.6 is 0 Å². The number of carbonyl (C=O) groups is 1. The van der Waals surface area contributed by atoms with Gasteiger partial charge in [-0.1, -0.05) is 26.7 Å². The van der Waals surface area contributed by atoms with Gasteiger partial charge < -0.3 is 15.2 Å². The molecule has 2 saturated carbocycles. The van der Waals surface area contributed by atoms with E-state index in [0.29, 0.717) is 25.0 Å². The van der Waals surface area contributed by atoms with Crippen LogP contribution in [0.15, 0.2) is 0 Å². The lowest BCUT2D eigenvalue weighted by atomic mass is 9.56. The lowest BCUT2D eigenvalue weighted by molar-refractivity contribution is -0.145. The average Bonchev–Trinajstić information content (AvgIpc) is 2.55. The van der Waals surface area contributed by atoms with E-state index in [1.165, 1.54) is 32.1 Å². The van der Waals surface area contributed by atoms with Gasteiger partial charge in [-0.3, -0.25) is 4.79 Å². The van der Waals surface area contributed by atoms with Crippen LogP contribution in [0, 0.1) is 23.2 Å². The van der Waals surface area contributed by atoms with Crippen molar-refractivity contribution in [2.24, 2.45) is 23.2 Å². The smallest absolute Gasteiger partial charge is 0.305 e. The molecule has 2 atom stereocenters. The average molecular weight is 368 g/mol. The van der Waals surface area contributed by atoms with Crippen molar-refractivity contribution in [2.45, 2.75) is 84.5 Å². The van der Waals surface area contributed by atoms with Gasteiger partial charge in [0.2, 0.25) is 0 Å². The van der Waals surface area contributed by atoms with Gasteiger partial charge in [-0.15, -0.1) is 0 Å². The predicted octanol–water partition coefficient (Wildman–Crippen LogP) is 4.30. The summed E-state index contributed by atoms with van der Waals surface area (Å²) in [5.74, 6) is 2.57. The first kappa shape index (κ1) is 21.7. The maximum Gasteiger partial charge on any atom is 0.305 e. The van der Waals surface area contributed by atoms with Crippen LogP contribution in [0.4, 0.5) is 0 Å². The van der Waals surface area contributed by atoms with Gasteiger partial charge in [0.25, 0.3) is 0 Å². The van der Waals surface area contributed by atoms with Crippen LogP contribution in [0.3, 0.4) is 0 Å². The second kappa shape index (κ2) is 11.3. The molecular formula is C22H41NO3. The first-order valence-electron chi connectivity index (χ1n) is 11.0. The Kier molecular flexibility index (Phi) is 9.41. The monoisotopic (exact) mass is 367 g/mol. The number of hydrogen-bond donors (Lipinski definition) is 2. The Labute approximate surface area is 160 Å². The molecule has 0 heterocycles. The van der Waals surface area contributed by atoms with Crippen LogP contribution in [0.5, 0.6) is 0 Å². The molecule has 0 aliphatic heterocycles. The van der Waals surface area contributed by atoms with Crippen LogP contribution in [-0.2, 0) is 9.53 Å². The fraction of sp³-hybridized carbons (Fsp3) is 0.955. The molecule has 2 unspecified atom stereocenters. The minimum Gasteiger partial charge on any atom is -0.466 e. The van der Waals surface area contributed by atoms with Gasteiger partial charge in [-0.2, -0.15) is 0 Å². The summed E-state index contributed by atoms with van der Waals surface area (Å²) in [5.41, 5.74) is 0.446. The van der Waals surface area contributed by atoms with Gasteiger partial charge in [0.05, 0.1) is 13.2 Å². The maximum atomic E-state index is 12.0. The van der Waals surface area contributed by atoms with Crippen LogP contribution in [0.25, 0.3) is 0 Å². The van der Waals surface area contributed by atoms with E-state index < -0.39 is 0 Å². The summed E-state index contributed by atoms with van der Waals surface area (Å²) in [6, 6.07) is 0. The highest BCUT2D eigenvalue weighted by atomic mass is 16.5. The molecule has 2 fully saturated rings. The number of nitrogens with one attached hydrogen (secondary N) is 1. The minimum absolute atomic E-state index is 0.0101. The van der Waals surface area contributed by atoms with E-state index in [-0.39, 0.29) is 12.6 Å². The number of aliphatic hydroxyl groups excluding tert-OH is 1. The summed E-state index contributed by atoms with van der Waals surface area (Å²) in [6.07, 6.45) is 12.7. The first-order valence-corrected chi connectivity index (χ1v) is 11.0. The van der Waals surface area contributed by atoms with Crippen molar-refractivity contribution in [1.29, 1.82) is 0 Å². The summed E-state index contributed by atoms with van der Waals surface area (Å²) in [4.78, 5) is 12.0. The molecule has 2 aliphatic rings. The van der Waals surface area contributed by atoms with E-state index in [4.69, 9.17) is 9.84 Å². The van der Waals surface area contributed by atoms with E-state index in [1.807, 2.05) is 0 Å². The van der Waals surface area contributed by atoms with E-state index >= 15 is 0 Å². The molecule has 2 aliphatic carbocycles. The molecule has 2 N–H and O–H groups in total. The van der Waals surface area contributed by atoms with E-state index in [2.05, 4.69) is 19.2 Å². The highest BCUT2D eigenvalue weighted by Gasteiger charge is 2.43. The lowest BCUT2D eigenvalue weighted by Crippen LogP contribution is -2.40. The normalized spacial score (nSPS) is 31.0. The van der Waals surface area contributed by atoms with Crippen molar-refractivity contribution in [3.05, 3.63) is 0 Å². The highest BCUT2D eigenvalue weighted by molar-refractivity contribution is 5.69. The third-order valence-corrected chi connectivity index (χ3v) is 6.42. The number of rotatable bonds is 12. The Balaban J connectivity index is 1.55. The molecule has 152 valence electrons. The summed E-state index contributed by atoms with van der Waals surface area (Å²) >= 11 is 0. The zero-order valence-electron chi connectivity index (χ0n) is 17.1. The molecule has 2 rings (SSSR count). The number of hydrogen-bond acceptors (Lipinski definition) is 4. The largest absolute Gasteiger partial charge is 0.466 e. The van der Waals surface area contributed by atoms with Crippen LogP contribution in [0.1, 0.15) is 84.5 Å². The Bertz CT molecular complexity index is 393. The summed E-state index contributed by atoms with van der Waals surface area (Å²) in [7, 11) is 0. The molecule has 0 amide bonds. The molecule has 0 radical (unpaired) electrons. The van der Waals surface area contributed by atoms with Gasteiger partial charge in [0, 0.05) is 13.0 Å². The Morgan fingerprint density at radius 3 is 2.42 bits per heavy atom.